The van der Waals surface area contributed by atoms with E-state index in [1.807, 2.05) is 18.2 Å². The number of carbonyl (C=O) groups excluding carboxylic acids is 2. The van der Waals surface area contributed by atoms with Gasteiger partial charge in [-0.2, -0.15) is 4.68 Å². The summed E-state index contributed by atoms with van der Waals surface area (Å²) in [6, 6.07) is 10.8. The standard InChI is InChI=1S/C31H35ClN8O4/c1-20-4-3-5-25(36-29(41)11-7-22-16-23(32)8-10-28(22)40-19-35-38-39-40)31-34-18-27(37-31)24-9-6-21(14-26(24)33-17-20)15-30(42)44-13-12-43-2/h6-11,14,16,18-20,25,33H,3-5,12-13,15,17H2,1-2H3,(H,34,37)(H,36,41)/b11-7+/t20-,25+/m1/s1. The van der Waals surface area contributed by atoms with Crippen LogP contribution in [-0.4, -0.2) is 68.9 Å². The number of aromatic nitrogens is 6. The number of methoxy groups -OCH3 is 1. The van der Waals surface area contributed by atoms with Crippen molar-refractivity contribution in [2.45, 2.75) is 38.6 Å². The molecule has 1 aliphatic heterocycles. The number of hydrogen-bond acceptors (Lipinski definition) is 9. The third-order valence-corrected chi connectivity index (χ3v) is 7.58. The summed E-state index contributed by atoms with van der Waals surface area (Å²) in [5, 5.41) is 18.5. The van der Waals surface area contributed by atoms with E-state index in [2.05, 4.69) is 43.1 Å². The average molecular weight is 619 g/mol. The zero-order chi connectivity index (χ0) is 30.9. The van der Waals surface area contributed by atoms with E-state index >= 15 is 0 Å². The van der Waals surface area contributed by atoms with Crippen LogP contribution >= 0.6 is 11.6 Å². The van der Waals surface area contributed by atoms with Gasteiger partial charge >= 0.3 is 5.97 Å². The molecule has 13 heteroatoms. The Morgan fingerprint density at radius 3 is 2.89 bits per heavy atom. The first-order valence-corrected chi connectivity index (χ1v) is 14.9. The lowest BCUT2D eigenvalue weighted by molar-refractivity contribution is -0.144. The molecular weight excluding hydrogens is 584 g/mol. The van der Waals surface area contributed by atoms with Crippen molar-refractivity contribution >= 4 is 35.2 Å². The second kappa shape index (κ2) is 14.8. The van der Waals surface area contributed by atoms with Crippen molar-refractivity contribution in [2.75, 3.05) is 32.2 Å². The number of aromatic amines is 1. The summed E-state index contributed by atoms with van der Waals surface area (Å²) >= 11 is 6.23. The Bertz CT molecular complexity index is 1600. The van der Waals surface area contributed by atoms with E-state index in [0.29, 0.717) is 34.6 Å². The molecule has 2 bridgehead atoms. The molecule has 0 radical (unpaired) electrons. The maximum Gasteiger partial charge on any atom is 0.310 e. The molecule has 230 valence electrons. The topological polar surface area (TPSA) is 149 Å². The molecule has 1 amide bonds. The Morgan fingerprint density at radius 2 is 2.07 bits per heavy atom. The number of rotatable bonds is 9. The highest BCUT2D eigenvalue weighted by Crippen LogP contribution is 2.31. The van der Waals surface area contributed by atoms with Gasteiger partial charge in [0.25, 0.3) is 0 Å². The Hall–Kier alpha value is -4.55. The van der Waals surface area contributed by atoms with Gasteiger partial charge in [-0.1, -0.05) is 37.1 Å². The van der Waals surface area contributed by atoms with Gasteiger partial charge in [-0.3, -0.25) is 9.59 Å². The number of halogens is 1. The molecule has 0 saturated carbocycles. The molecule has 0 fully saturated rings. The van der Waals surface area contributed by atoms with Crippen molar-refractivity contribution in [1.82, 2.24) is 35.5 Å². The lowest BCUT2D eigenvalue weighted by atomic mass is 9.99. The van der Waals surface area contributed by atoms with E-state index in [4.69, 9.17) is 21.1 Å². The first-order valence-electron chi connectivity index (χ1n) is 14.5. The summed E-state index contributed by atoms with van der Waals surface area (Å²) in [5.74, 6) is 0.487. The quantitative estimate of drug-likeness (QED) is 0.140. The van der Waals surface area contributed by atoms with Gasteiger partial charge in [-0.25, -0.2) is 4.98 Å². The molecule has 0 spiro atoms. The Morgan fingerprint density at radius 1 is 1.18 bits per heavy atom. The summed E-state index contributed by atoms with van der Waals surface area (Å²) in [4.78, 5) is 33.5. The molecule has 3 N–H and O–H groups in total. The van der Waals surface area contributed by atoms with Crippen LogP contribution in [-0.2, 0) is 25.5 Å². The van der Waals surface area contributed by atoms with Crippen LogP contribution in [0.15, 0.2) is 55.0 Å². The second-order valence-electron chi connectivity index (χ2n) is 10.7. The van der Waals surface area contributed by atoms with Crippen molar-refractivity contribution < 1.29 is 19.1 Å². The van der Waals surface area contributed by atoms with E-state index in [-0.39, 0.29) is 30.9 Å². The van der Waals surface area contributed by atoms with E-state index in [1.165, 1.54) is 17.1 Å². The second-order valence-corrected chi connectivity index (χ2v) is 11.2. The Kier molecular flexibility index (Phi) is 10.4. The number of fused-ring (bicyclic) bond motifs is 4. The van der Waals surface area contributed by atoms with E-state index in [9.17, 15) is 9.59 Å². The van der Waals surface area contributed by atoms with Crippen LogP contribution in [0.2, 0.25) is 5.02 Å². The van der Waals surface area contributed by atoms with Crippen molar-refractivity contribution in [2.24, 2.45) is 5.92 Å². The number of imidazole rings is 1. The van der Waals surface area contributed by atoms with Crippen LogP contribution in [0.3, 0.4) is 0 Å². The molecule has 5 rings (SSSR count). The number of benzene rings is 2. The molecular formula is C31H35ClN8O4. The highest BCUT2D eigenvalue weighted by Gasteiger charge is 2.20. The van der Waals surface area contributed by atoms with Gasteiger partial charge in [-0.15, -0.1) is 5.10 Å². The number of anilines is 1. The third kappa shape index (κ3) is 8.08. The number of amides is 1. The highest BCUT2D eigenvalue weighted by molar-refractivity contribution is 6.30. The SMILES string of the molecule is COCCOC(=O)Cc1ccc2c(c1)NC[C@H](C)CCC[C@H](NC(=O)/C=C/c1cc(Cl)ccc1-n1cnnn1)c1ncc-2[nH]1. The van der Waals surface area contributed by atoms with Gasteiger partial charge in [0, 0.05) is 41.6 Å². The van der Waals surface area contributed by atoms with Crippen LogP contribution < -0.4 is 10.6 Å². The first kappa shape index (κ1) is 30.9. The molecule has 0 unspecified atom stereocenters. The van der Waals surface area contributed by atoms with Crippen LogP contribution in [0.1, 0.15) is 49.2 Å². The molecule has 0 aliphatic carbocycles. The Labute approximate surface area is 260 Å². The summed E-state index contributed by atoms with van der Waals surface area (Å²) in [6.07, 6.45) is 9.16. The molecule has 3 heterocycles. The van der Waals surface area contributed by atoms with Gasteiger partial charge in [0.05, 0.1) is 36.6 Å². The maximum atomic E-state index is 13.2. The highest BCUT2D eigenvalue weighted by atomic mass is 35.5. The molecule has 44 heavy (non-hydrogen) atoms. The van der Waals surface area contributed by atoms with Crippen LogP contribution in [0, 0.1) is 5.92 Å². The van der Waals surface area contributed by atoms with Gasteiger partial charge < -0.3 is 25.1 Å². The van der Waals surface area contributed by atoms with Gasteiger partial charge in [-0.05, 0) is 65.1 Å². The van der Waals surface area contributed by atoms with Gasteiger partial charge in [0.15, 0.2) is 0 Å². The molecule has 1 aliphatic rings. The summed E-state index contributed by atoms with van der Waals surface area (Å²) in [7, 11) is 1.57. The third-order valence-electron chi connectivity index (χ3n) is 7.35. The van der Waals surface area contributed by atoms with Gasteiger partial charge in [0.2, 0.25) is 5.91 Å². The lowest BCUT2D eigenvalue weighted by Gasteiger charge is -2.20. The van der Waals surface area contributed by atoms with E-state index in [1.54, 1.807) is 37.6 Å². The number of ether oxygens (including phenoxy) is 2. The van der Waals surface area contributed by atoms with E-state index < -0.39 is 0 Å². The van der Waals surface area contributed by atoms with Crippen LogP contribution in [0.4, 0.5) is 5.69 Å². The number of hydrogen-bond donors (Lipinski definition) is 3. The summed E-state index contributed by atoms with van der Waals surface area (Å²) in [5.41, 5.74) is 4.87. The number of H-pyrrole nitrogens is 1. The summed E-state index contributed by atoms with van der Waals surface area (Å²) in [6.45, 7) is 3.55. The van der Waals surface area contributed by atoms with Crippen molar-refractivity contribution in [1.29, 1.82) is 0 Å². The number of tetrazole rings is 1. The molecule has 2 atom stereocenters. The number of carbonyl (C=O) groups is 2. The first-order chi connectivity index (χ1) is 21.4. The van der Waals surface area contributed by atoms with Crippen LogP contribution in [0.25, 0.3) is 23.0 Å². The average Bonchev–Trinajstić information content (AvgIpc) is 3.72. The largest absolute Gasteiger partial charge is 0.463 e. The van der Waals surface area contributed by atoms with Crippen molar-refractivity contribution in [3.8, 4) is 16.9 Å². The minimum atomic E-state index is -0.316. The fourth-order valence-corrected chi connectivity index (χ4v) is 5.23. The minimum Gasteiger partial charge on any atom is -0.463 e. The zero-order valence-corrected chi connectivity index (χ0v) is 25.4. The van der Waals surface area contributed by atoms with Crippen LogP contribution in [0.5, 0.6) is 0 Å². The monoisotopic (exact) mass is 618 g/mol. The summed E-state index contributed by atoms with van der Waals surface area (Å²) < 4.78 is 11.7. The normalized spacial score (nSPS) is 16.8. The molecule has 0 saturated heterocycles. The van der Waals surface area contributed by atoms with Crippen molar-refractivity contribution in [3.05, 3.63) is 77.0 Å². The fraction of sp³-hybridized carbons (Fsp3) is 0.355. The van der Waals surface area contributed by atoms with E-state index in [0.717, 1.165) is 48.3 Å². The maximum absolute atomic E-state index is 13.2. The van der Waals surface area contributed by atoms with Crippen molar-refractivity contribution in [3.63, 3.8) is 0 Å². The number of nitrogens with zero attached hydrogens (tertiary/aromatic N) is 5. The molecule has 4 aromatic rings. The lowest BCUT2D eigenvalue weighted by Crippen LogP contribution is -2.28. The fourth-order valence-electron chi connectivity index (χ4n) is 5.05. The molecule has 2 aromatic carbocycles. The zero-order valence-electron chi connectivity index (χ0n) is 24.6. The minimum absolute atomic E-state index is 0.163. The number of nitrogens with one attached hydrogen (secondary N) is 3. The predicted molar refractivity (Wildman–Crippen MR) is 166 cm³/mol. The molecule has 2 aromatic heterocycles. The Balaban J connectivity index is 1.34. The number of esters is 1. The van der Waals surface area contributed by atoms with Gasteiger partial charge in [0.1, 0.15) is 18.8 Å². The smallest absolute Gasteiger partial charge is 0.310 e. The predicted octanol–water partition coefficient (Wildman–Crippen LogP) is 4.54. The molecule has 12 nitrogen and oxygen atoms in total.